The van der Waals surface area contributed by atoms with Gasteiger partial charge in [0.1, 0.15) is 10.6 Å². The molecule has 2 rings (SSSR count). The summed E-state index contributed by atoms with van der Waals surface area (Å²) in [4.78, 5) is 10.9. The Kier molecular flexibility index (Phi) is 3.66. The fourth-order valence-electron chi connectivity index (χ4n) is 1.98. The summed E-state index contributed by atoms with van der Waals surface area (Å²) >= 11 is 0. The second-order valence-electron chi connectivity index (χ2n) is 4.55. The molecule has 1 aliphatic carbocycles. The minimum atomic E-state index is -3.75. The molecule has 0 aromatic carbocycles. The molecule has 0 unspecified atom stereocenters. The van der Waals surface area contributed by atoms with Crippen LogP contribution < -0.4 is 0 Å². The van der Waals surface area contributed by atoms with Gasteiger partial charge in [0.05, 0.1) is 6.61 Å². The monoisotopic (exact) mass is 288 g/mol. The van der Waals surface area contributed by atoms with E-state index >= 15 is 0 Å². The first kappa shape index (κ1) is 14.0. The lowest BCUT2D eigenvalue weighted by atomic mass is 10.4. The van der Waals surface area contributed by atoms with E-state index in [4.69, 9.17) is 10.2 Å². The molecule has 1 heterocycles. The fraction of sp³-hybridized carbons (Fsp3) is 0.545. The van der Waals surface area contributed by atoms with E-state index in [1.54, 1.807) is 0 Å². The zero-order valence-electron chi connectivity index (χ0n) is 10.5. The van der Waals surface area contributed by atoms with Crippen molar-refractivity contribution in [3.63, 3.8) is 0 Å². The highest BCUT2D eigenvalue weighted by atomic mass is 32.2. The zero-order valence-corrected chi connectivity index (χ0v) is 11.3. The quantitative estimate of drug-likeness (QED) is 0.759. The molecule has 2 N–H and O–H groups in total. The first-order chi connectivity index (χ1) is 8.87. The summed E-state index contributed by atoms with van der Waals surface area (Å²) in [6.07, 6.45) is 2.83. The molecule has 19 heavy (non-hydrogen) atoms. The maximum absolute atomic E-state index is 12.4. The van der Waals surface area contributed by atoms with Crippen LogP contribution in [0.1, 0.15) is 23.3 Å². The lowest BCUT2D eigenvalue weighted by Crippen LogP contribution is -2.35. The molecule has 7 nitrogen and oxygen atoms in total. The molecule has 1 aromatic rings. The van der Waals surface area contributed by atoms with E-state index < -0.39 is 16.0 Å². The first-order valence-corrected chi connectivity index (χ1v) is 7.34. The Bertz CT molecular complexity index is 588. The lowest BCUT2D eigenvalue weighted by molar-refractivity contribution is 0.0686. The molecule has 0 saturated heterocycles. The molecule has 1 aliphatic rings. The number of carboxylic acids is 1. The van der Waals surface area contributed by atoms with E-state index in [9.17, 15) is 13.2 Å². The van der Waals surface area contributed by atoms with Crippen LogP contribution in [0.2, 0.25) is 0 Å². The van der Waals surface area contributed by atoms with Gasteiger partial charge in [0, 0.05) is 25.8 Å². The van der Waals surface area contributed by atoms with E-state index in [-0.39, 0.29) is 29.8 Å². The van der Waals surface area contributed by atoms with Gasteiger partial charge in [-0.2, -0.15) is 4.31 Å². The lowest BCUT2D eigenvalue weighted by Gasteiger charge is -2.19. The molecular formula is C11H16N2O5S. The van der Waals surface area contributed by atoms with Gasteiger partial charge in [0.2, 0.25) is 10.0 Å². The number of carbonyl (C=O) groups is 1. The molecular weight excluding hydrogens is 272 g/mol. The number of aryl methyl sites for hydroxylation is 1. The SMILES string of the molecule is Cn1cc(S(=O)(=O)N(CCO)C2CC2)cc1C(=O)O. The summed E-state index contributed by atoms with van der Waals surface area (Å²) < 4.78 is 27.3. The van der Waals surface area contributed by atoms with Crippen molar-refractivity contribution in [2.24, 2.45) is 7.05 Å². The largest absolute Gasteiger partial charge is 0.477 e. The Morgan fingerprint density at radius 1 is 1.53 bits per heavy atom. The molecule has 0 amide bonds. The van der Waals surface area contributed by atoms with Crippen LogP contribution in [-0.4, -0.2) is 52.7 Å². The molecule has 1 saturated carbocycles. The highest BCUT2D eigenvalue weighted by molar-refractivity contribution is 7.89. The van der Waals surface area contributed by atoms with Gasteiger partial charge in [0.15, 0.2) is 0 Å². The number of rotatable bonds is 6. The van der Waals surface area contributed by atoms with Crippen molar-refractivity contribution in [3.05, 3.63) is 18.0 Å². The average Bonchev–Trinajstić information content (AvgIpc) is 3.07. The standard InChI is InChI=1S/C11H16N2O5S/c1-12-7-9(6-10(12)11(15)16)19(17,18)13(4-5-14)8-2-3-8/h6-8,14H,2-5H2,1H3,(H,15,16). The van der Waals surface area contributed by atoms with E-state index in [0.29, 0.717) is 0 Å². The number of nitrogens with zero attached hydrogens (tertiary/aromatic N) is 2. The van der Waals surface area contributed by atoms with Crippen molar-refractivity contribution >= 4 is 16.0 Å². The second kappa shape index (κ2) is 4.95. The van der Waals surface area contributed by atoms with Gasteiger partial charge in [-0.05, 0) is 18.9 Å². The van der Waals surface area contributed by atoms with Crippen LogP contribution in [0.5, 0.6) is 0 Å². The van der Waals surface area contributed by atoms with Crippen molar-refractivity contribution in [1.82, 2.24) is 8.87 Å². The highest BCUT2D eigenvalue weighted by Gasteiger charge is 2.38. The smallest absolute Gasteiger partial charge is 0.352 e. The fourth-order valence-corrected chi connectivity index (χ4v) is 3.73. The molecule has 0 spiro atoms. The molecule has 0 bridgehead atoms. The summed E-state index contributed by atoms with van der Waals surface area (Å²) in [6.45, 7) is -0.224. The average molecular weight is 288 g/mol. The van der Waals surface area contributed by atoms with Crippen molar-refractivity contribution in [1.29, 1.82) is 0 Å². The number of carboxylic acid groups (broad SMARTS) is 1. The normalized spacial score (nSPS) is 15.9. The predicted molar refractivity (Wildman–Crippen MR) is 66.4 cm³/mol. The van der Waals surface area contributed by atoms with Crippen LogP contribution in [0, 0.1) is 0 Å². The van der Waals surface area contributed by atoms with Gasteiger partial charge in [-0.1, -0.05) is 0 Å². The molecule has 0 aliphatic heterocycles. The molecule has 0 radical (unpaired) electrons. The van der Waals surface area contributed by atoms with Crippen molar-refractivity contribution in [3.8, 4) is 0 Å². The molecule has 1 fully saturated rings. The minimum Gasteiger partial charge on any atom is -0.477 e. The summed E-state index contributed by atoms with van der Waals surface area (Å²) in [6, 6.07) is 1.07. The number of aliphatic hydroxyl groups is 1. The van der Waals surface area contributed by atoms with Crippen LogP contribution in [0.15, 0.2) is 17.2 Å². The van der Waals surface area contributed by atoms with Crippen molar-refractivity contribution < 1.29 is 23.4 Å². The van der Waals surface area contributed by atoms with Crippen LogP contribution in [0.25, 0.3) is 0 Å². The number of aromatic nitrogens is 1. The molecule has 106 valence electrons. The number of hydrogen-bond donors (Lipinski definition) is 2. The third kappa shape index (κ3) is 2.65. The maximum atomic E-state index is 12.4. The Labute approximate surface area is 111 Å². The maximum Gasteiger partial charge on any atom is 0.352 e. The topological polar surface area (TPSA) is 99.8 Å². The third-order valence-corrected chi connectivity index (χ3v) is 5.00. The summed E-state index contributed by atoms with van der Waals surface area (Å²) in [5.74, 6) is -1.18. The number of aromatic carboxylic acids is 1. The first-order valence-electron chi connectivity index (χ1n) is 5.90. The zero-order chi connectivity index (χ0) is 14.2. The van der Waals surface area contributed by atoms with Gasteiger partial charge in [-0.3, -0.25) is 0 Å². The molecule has 0 atom stereocenters. The second-order valence-corrected chi connectivity index (χ2v) is 6.44. The Balaban J connectivity index is 2.37. The Hall–Kier alpha value is -1.38. The number of hydrogen-bond acceptors (Lipinski definition) is 4. The Morgan fingerprint density at radius 3 is 2.58 bits per heavy atom. The van der Waals surface area contributed by atoms with E-state index in [1.165, 1.54) is 22.1 Å². The van der Waals surface area contributed by atoms with Crippen molar-refractivity contribution in [2.45, 2.75) is 23.8 Å². The van der Waals surface area contributed by atoms with Gasteiger partial charge in [-0.15, -0.1) is 0 Å². The summed E-state index contributed by atoms with van der Waals surface area (Å²) in [7, 11) is -2.26. The molecule has 1 aromatic heterocycles. The van der Waals surface area contributed by atoms with E-state index in [2.05, 4.69) is 0 Å². The van der Waals surface area contributed by atoms with Crippen LogP contribution >= 0.6 is 0 Å². The van der Waals surface area contributed by atoms with Gasteiger partial charge < -0.3 is 14.8 Å². The third-order valence-electron chi connectivity index (χ3n) is 3.08. The van der Waals surface area contributed by atoms with Crippen LogP contribution in [0.4, 0.5) is 0 Å². The highest BCUT2D eigenvalue weighted by Crippen LogP contribution is 2.32. The van der Waals surface area contributed by atoms with Crippen molar-refractivity contribution in [2.75, 3.05) is 13.2 Å². The Morgan fingerprint density at radius 2 is 2.16 bits per heavy atom. The van der Waals surface area contributed by atoms with E-state index in [0.717, 1.165) is 18.9 Å². The van der Waals surface area contributed by atoms with Gasteiger partial charge >= 0.3 is 5.97 Å². The number of aliphatic hydroxyl groups excluding tert-OH is 1. The van der Waals surface area contributed by atoms with Gasteiger partial charge in [0.25, 0.3) is 0 Å². The summed E-state index contributed by atoms with van der Waals surface area (Å²) in [5.41, 5.74) is -0.0849. The van der Waals surface area contributed by atoms with E-state index in [1.807, 2.05) is 0 Å². The van der Waals surface area contributed by atoms with Crippen LogP contribution in [-0.2, 0) is 17.1 Å². The van der Waals surface area contributed by atoms with Gasteiger partial charge in [-0.25, -0.2) is 13.2 Å². The predicted octanol–water partition coefficient (Wildman–Crippen LogP) is -0.131. The van der Waals surface area contributed by atoms with Crippen LogP contribution in [0.3, 0.4) is 0 Å². The summed E-state index contributed by atoms with van der Waals surface area (Å²) in [5, 5.41) is 17.9. The number of sulfonamides is 1. The minimum absolute atomic E-state index is 0.0320. The molecule has 8 heteroatoms.